The molecule has 0 bridgehead atoms. The lowest BCUT2D eigenvalue weighted by Gasteiger charge is -2.08. The molecule has 0 aromatic heterocycles. The van der Waals surface area contributed by atoms with Gasteiger partial charge in [0.25, 0.3) is 5.91 Å². The number of hydrogen-bond acceptors (Lipinski definition) is 4. The molecule has 2 aromatic rings. The van der Waals surface area contributed by atoms with Crippen LogP contribution in [-0.4, -0.2) is 25.1 Å². The third-order valence-corrected chi connectivity index (χ3v) is 3.75. The first kappa shape index (κ1) is 19.5. The van der Waals surface area contributed by atoms with Gasteiger partial charge in [0.05, 0.1) is 12.2 Å². The van der Waals surface area contributed by atoms with E-state index in [1.807, 2.05) is 18.2 Å². The number of rotatable bonds is 10. The van der Waals surface area contributed by atoms with Crippen LogP contribution in [0.25, 0.3) is 0 Å². The maximum Gasteiger partial charge on any atom is 0.338 e. The van der Waals surface area contributed by atoms with Crippen LogP contribution in [0, 0.1) is 0 Å². The number of ether oxygens (including phenoxy) is 2. The normalized spacial score (nSPS) is 10.2. The van der Waals surface area contributed by atoms with Gasteiger partial charge in [-0.3, -0.25) is 4.79 Å². The summed E-state index contributed by atoms with van der Waals surface area (Å²) in [6.07, 6.45) is 4.59. The van der Waals surface area contributed by atoms with Gasteiger partial charge in [-0.05, 0) is 42.8 Å². The van der Waals surface area contributed by atoms with E-state index in [1.54, 1.807) is 36.4 Å². The van der Waals surface area contributed by atoms with Crippen molar-refractivity contribution in [3.63, 3.8) is 0 Å². The quantitative estimate of drug-likeness (QED) is 0.505. The van der Waals surface area contributed by atoms with Gasteiger partial charge < -0.3 is 14.8 Å². The Morgan fingerprint density at radius 3 is 2.35 bits per heavy atom. The van der Waals surface area contributed by atoms with Crippen LogP contribution in [0.4, 0.5) is 5.69 Å². The minimum atomic E-state index is -0.539. The Labute approximate surface area is 154 Å². The summed E-state index contributed by atoms with van der Waals surface area (Å²) >= 11 is 0. The molecule has 138 valence electrons. The summed E-state index contributed by atoms with van der Waals surface area (Å²) in [5.74, 6) is -0.195. The number of carbonyl (C=O) groups excluding carboxylic acids is 2. The molecule has 0 saturated heterocycles. The van der Waals surface area contributed by atoms with E-state index < -0.39 is 5.97 Å². The van der Waals surface area contributed by atoms with Crippen LogP contribution in [0.2, 0.25) is 0 Å². The Bertz CT molecular complexity index is 683. The highest BCUT2D eigenvalue weighted by Crippen LogP contribution is 2.14. The first-order valence-corrected chi connectivity index (χ1v) is 8.94. The summed E-state index contributed by atoms with van der Waals surface area (Å²) in [5, 5.41) is 2.66. The fourth-order valence-electron chi connectivity index (χ4n) is 2.34. The van der Waals surface area contributed by atoms with Gasteiger partial charge in [0.15, 0.2) is 6.61 Å². The Kier molecular flexibility index (Phi) is 8.19. The first-order chi connectivity index (χ1) is 12.7. The molecular formula is C21H25NO4. The molecule has 2 rings (SSSR count). The topological polar surface area (TPSA) is 64.6 Å². The minimum Gasteiger partial charge on any atom is -0.494 e. The highest BCUT2D eigenvalue weighted by Gasteiger charge is 2.10. The van der Waals surface area contributed by atoms with Gasteiger partial charge in [0.2, 0.25) is 0 Å². The smallest absolute Gasteiger partial charge is 0.338 e. The van der Waals surface area contributed by atoms with Crippen molar-refractivity contribution in [3.8, 4) is 5.75 Å². The van der Waals surface area contributed by atoms with E-state index in [0.717, 1.165) is 18.6 Å². The van der Waals surface area contributed by atoms with Gasteiger partial charge in [-0.1, -0.05) is 44.4 Å². The summed E-state index contributed by atoms with van der Waals surface area (Å²) in [5.41, 5.74) is 1.05. The number of nitrogens with one attached hydrogen (secondary N) is 1. The van der Waals surface area contributed by atoms with Crippen molar-refractivity contribution in [1.82, 2.24) is 0 Å². The molecule has 26 heavy (non-hydrogen) atoms. The second-order valence-electron chi connectivity index (χ2n) is 5.92. The van der Waals surface area contributed by atoms with E-state index in [0.29, 0.717) is 17.9 Å². The van der Waals surface area contributed by atoms with Gasteiger partial charge in [0, 0.05) is 5.69 Å². The predicted octanol–water partition coefficient (Wildman–Crippen LogP) is 4.44. The van der Waals surface area contributed by atoms with Gasteiger partial charge >= 0.3 is 5.97 Å². The number of carbonyl (C=O) groups is 2. The monoisotopic (exact) mass is 355 g/mol. The molecule has 1 N–H and O–H groups in total. The largest absolute Gasteiger partial charge is 0.494 e. The average molecular weight is 355 g/mol. The molecule has 5 heteroatoms. The number of benzene rings is 2. The third kappa shape index (κ3) is 6.97. The van der Waals surface area contributed by atoms with Crippen molar-refractivity contribution in [1.29, 1.82) is 0 Å². The maximum absolute atomic E-state index is 12.0. The molecule has 2 aromatic carbocycles. The lowest BCUT2D eigenvalue weighted by Crippen LogP contribution is -2.20. The molecule has 0 aliphatic rings. The second-order valence-corrected chi connectivity index (χ2v) is 5.92. The summed E-state index contributed by atoms with van der Waals surface area (Å²) < 4.78 is 10.7. The molecule has 5 nitrogen and oxygen atoms in total. The Morgan fingerprint density at radius 2 is 1.65 bits per heavy atom. The van der Waals surface area contributed by atoms with Crippen molar-refractivity contribution >= 4 is 17.6 Å². The van der Waals surface area contributed by atoms with Crippen molar-refractivity contribution in [2.24, 2.45) is 0 Å². The molecule has 0 aliphatic carbocycles. The number of para-hydroxylation sites is 1. The summed E-state index contributed by atoms with van der Waals surface area (Å²) in [4.78, 5) is 23.8. The fourth-order valence-corrected chi connectivity index (χ4v) is 2.34. The zero-order valence-corrected chi connectivity index (χ0v) is 15.1. The standard InChI is InChI=1S/C21H25NO4/c1-2-3-4-8-15-25-19-13-11-17(12-14-19)21(24)26-16-20(23)22-18-9-6-5-7-10-18/h5-7,9-14H,2-4,8,15-16H2,1H3,(H,22,23). The zero-order valence-electron chi connectivity index (χ0n) is 15.1. The Balaban J connectivity index is 1.72. The van der Waals surface area contributed by atoms with Crippen molar-refractivity contribution < 1.29 is 19.1 Å². The minimum absolute atomic E-state index is 0.330. The van der Waals surface area contributed by atoms with Crippen LogP contribution in [0.1, 0.15) is 43.0 Å². The third-order valence-electron chi connectivity index (χ3n) is 3.75. The Morgan fingerprint density at radius 1 is 0.923 bits per heavy atom. The van der Waals surface area contributed by atoms with E-state index in [-0.39, 0.29) is 12.5 Å². The van der Waals surface area contributed by atoms with Crippen LogP contribution in [-0.2, 0) is 9.53 Å². The number of hydrogen-bond donors (Lipinski definition) is 1. The van der Waals surface area contributed by atoms with E-state index in [1.165, 1.54) is 12.8 Å². The molecule has 0 saturated carbocycles. The van der Waals surface area contributed by atoms with E-state index >= 15 is 0 Å². The van der Waals surface area contributed by atoms with Crippen LogP contribution in [0.5, 0.6) is 5.75 Å². The lowest BCUT2D eigenvalue weighted by atomic mass is 10.2. The van der Waals surface area contributed by atoms with Crippen LogP contribution in [0.3, 0.4) is 0 Å². The molecule has 0 unspecified atom stereocenters. The number of esters is 1. The van der Waals surface area contributed by atoms with Gasteiger partial charge in [-0.2, -0.15) is 0 Å². The molecule has 0 atom stereocenters. The maximum atomic E-state index is 12.0. The highest BCUT2D eigenvalue weighted by atomic mass is 16.5. The molecule has 0 spiro atoms. The SMILES string of the molecule is CCCCCCOc1ccc(C(=O)OCC(=O)Nc2ccccc2)cc1. The number of anilines is 1. The summed E-state index contributed by atoms with van der Waals surface area (Å²) in [6.45, 7) is 2.51. The second kappa shape index (κ2) is 10.9. The van der Waals surface area contributed by atoms with Crippen molar-refractivity contribution in [2.45, 2.75) is 32.6 Å². The predicted molar refractivity (Wildman–Crippen MR) is 101 cm³/mol. The van der Waals surface area contributed by atoms with Gasteiger partial charge in [-0.25, -0.2) is 4.79 Å². The van der Waals surface area contributed by atoms with Crippen molar-refractivity contribution in [3.05, 3.63) is 60.2 Å². The van der Waals surface area contributed by atoms with Crippen molar-refractivity contribution in [2.75, 3.05) is 18.5 Å². The number of unbranched alkanes of at least 4 members (excludes halogenated alkanes) is 3. The summed E-state index contributed by atoms with van der Waals surface area (Å²) in [6, 6.07) is 15.8. The van der Waals surface area contributed by atoms with Crippen LogP contribution in [0.15, 0.2) is 54.6 Å². The van der Waals surface area contributed by atoms with E-state index in [4.69, 9.17) is 9.47 Å². The van der Waals surface area contributed by atoms with Gasteiger partial charge in [0.1, 0.15) is 5.75 Å². The summed E-state index contributed by atoms with van der Waals surface area (Å²) in [7, 11) is 0. The van der Waals surface area contributed by atoms with E-state index in [9.17, 15) is 9.59 Å². The molecule has 0 heterocycles. The molecule has 0 fully saturated rings. The van der Waals surface area contributed by atoms with Gasteiger partial charge in [-0.15, -0.1) is 0 Å². The lowest BCUT2D eigenvalue weighted by molar-refractivity contribution is -0.119. The molecular weight excluding hydrogens is 330 g/mol. The van der Waals surface area contributed by atoms with E-state index in [2.05, 4.69) is 12.2 Å². The first-order valence-electron chi connectivity index (χ1n) is 8.94. The molecule has 0 radical (unpaired) electrons. The molecule has 1 amide bonds. The average Bonchev–Trinajstić information content (AvgIpc) is 2.67. The van der Waals surface area contributed by atoms with Crippen LogP contribution < -0.4 is 10.1 Å². The fraction of sp³-hybridized carbons (Fsp3) is 0.333. The highest BCUT2D eigenvalue weighted by molar-refractivity contribution is 5.95. The Hall–Kier alpha value is -2.82. The number of amides is 1. The van der Waals surface area contributed by atoms with Crippen LogP contribution >= 0.6 is 0 Å². The molecule has 0 aliphatic heterocycles. The zero-order chi connectivity index (χ0) is 18.6.